The Bertz CT molecular complexity index is 1450. The van der Waals surface area contributed by atoms with Gasteiger partial charge in [0.1, 0.15) is 0 Å². The lowest BCUT2D eigenvalue weighted by Crippen LogP contribution is -2.04. The number of fused-ring (bicyclic) bond motifs is 4. The molecule has 0 saturated heterocycles. The van der Waals surface area contributed by atoms with E-state index in [2.05, 4.69) is 40.7 Å². The van der Waals surface area contributed by atoms with E-state index in [9.17, 15) is 9.90 Å². The minimum absolute atomic E-state index is 0.253. The summed E-state index contributed by atoms with van der Waals surface area (Å²) in [5.74, 6) is -0.959. The Morgan fingerprint density at radius 3 is 2.58 bits per heavy atom. The molecule has 5 aromatic rings. The SMILES string of the molecule is CCn1c2ccccc2c2cc(-c3c(C(=O)O)ccc4c3ncn4CCOC)ccc21. The van der Waals surface area contributed by atoms with Crippen LogP contribution in [0.15, 0.2) is 60.9 Å². The van der Waals surface area contributed by atoms with Crippen LogP contribution in [0.2, 0.25) is 0 Å². The fourth-order valence-corrected chi connectivity index (χ4v) is 4.52. The topological polar surface area (TPSA) is 69.3 Å². The fraction of sp³-hybridized carbons (Fsp3) is 0.200. The summed E-state index contributed by atoms with van der Waals surface area (Å²) in [5, 5.41) is 12.2. The minimum Gasteiger partial charge on any atom is -0.478 e. The van der Waals surface area contributed by atoms with Gasteiger partial charge in [0.05, 0.1) is 29.5 Å². The number of aromatic carboxylic acids is 1. The summed E-state index contributed by atoms with van der Waals surface area (Å²) >= 11 is 0. The zero-order chi connectivity index (χ0) is 21.5. The third-order valence-corrected chi connectivity index (χ3v) is 5.94. The van der Waals surface area contributed by atoms with E-state index >= 15 is 0 Å². The number of imidazole rings is 1. The number of methoxy groups -OCH3 is 1. The summed E-state index contributed by atoms with van der Waals surface area (Å²) in [6.45, 7) is 4.21. The van der Waals surface area contributed by atoms with Crippen LogP contribution in [0.5, 0.6) is 0 Å². The number of benzene rings is 3. The second-order valence-electron chi connectivity index (χ2n) is 7.59. The molecule has 0 bridgehead atoms. The normalized spacial score (nSPS) is 11.7. The predicted molar refractivity (Wildman–Crippen MR) is 123 cm³/mol. The monoisotopic (exact) mass is 413 g/mol. The van der Waals surface area contributed by atoms with Crippen molar-refractivity contribution in [2.45, 2.75) is 20.0 Å². The third-order valence-electron chi connectivity index (χ3n) is 5.94. The molecular formula is C25H23N3O3. The van der Waals surface area contributed by atoms with Crippen LogP contribution in [0.4, 0.5) is 0 Å². The van der Waals surface area contributed by atoms with Crippen LogP contribution in [0.1, 0.15) is 17.3 Å². The van der Waals surface area contributed by atoms with E-state index < -0.39 is 5.97 Å². The van der Waals surface area contributed by atoms with Crippen molar-refractivity contribution < 1.29 is 14.6 Å². The van der Waals surface area contributed by atoms with Gasteiger partial charge in [0.2, 0.25) is 0 Å². The molecular weight excluding hydrogens is 390 g/mol. The summed E-state index contributed by atoms with van der Waals surface area (Å²) in [5.41, 5.74) is 5.66. The number of nitrogens with zero attached hydrogens (tertiary/aromatic N) is 3. The molecule has 0 aliphatic heterocycles. The highest BCUT2D eigenvalue weighted by atomic mass is 16.5. The molecule has 0 atom stereocenters. The second-order valence-corrected chi connectivity index (χ2v) is 7.59. The molecule has 0 aliphatic rings. The Hall–Kier alpha value is -3.64. The van der Waals surface area contributed by atoms with Gasteiger partial charge in [-0.2, -0.15) is 0 Å². The number of hydrogen-bond donors (Lipinski definition) is 1. The van der Waals surface area contributed by atoms with Crippen LogP contribution in [0.3, 0.4) is 0 Å². The quantitative estimate of drug-likeness (QED) is 0.417. The summed E-state index contributed by atoms with van der Waals surface area (Å²) in [7, 11) is 1.66. The van der Waals surface area contributed by atoms with Crippen LogP contribution in [0, 0.1) is 0 Å². The van der Waals surface area contributed by atoms with E-state index in [1.807, 2.05) is 28.8 Å². The van der Waals surface area contributed by atoms with E-state index in [0.717, 1.165) is 33.9 Å². The number of carboxylic acid groups (broad SMARTS) is 1. The Morgan fingerprint density at radius 2 is 1.81 bits per heavy atom. The Morgan fingerprint density at radius 1 is 1.03 bits per heavy atom. The first-order valence-electron chi connectivity index (χ1n) is 10.4. The number of hydrogen-bond acceptors (Lipinski definition) is 3. The average Bonchev–Trinajstić information content (AvgIpc) is 3.35. The van der Waals surface area contributed by atoms with Crippen molar-refractivity contribution in [1.29, 1.82) is 0 Å². The number of aromatic nitrogens is 3. The van der Waals surface area contributed by atoms with Crippen LogP contribution in [0.25, 0.3) is 44.0 Å². The zero-order valence-corrected chi connectivity index (χ0v) is 17.5. The summed E-state index contributed by atoms with van der Waals surface area (Å²) < 4.78 is 9.48. The van der Waals surface area contributed by atoms with E-state index in [4.69, 9.17) is 4.74 Å². The number of ether oxygens (including phenoxy) is 1. The molecule has 6 heteroatoms. The number of carbonyl (C=O) groups is 1. The van der Waals surface area contributed by atoms with E-state index in [1.54, 1.807) is 19.5 Å². The van der Waals surface area contributed by atoms with Crippen LogP contribution in [-0.4, -0.2) is 38.9 Å². The van der Waals surface area contributed by atoms with Gasteiger partial charge in [0.25, 0.3) is 0 Å². The highest BCUT2D eigenvalue weighted by Gasteiger charge is 2.20. The Balaban J connectivity index is 1.80. The van der Waals surface area contributed by atoms with Gasteiger partial charge in [0.15, 0.2) is 0 Å². The van der Waals surface area contributed by atoms with Crippen molar-refractivity contribution >= 4 is 38.8 Å². The summed E-state index contributed by atoms with van der Waals surface area (Å²) in [6.07, 6.45) is 1.75. The molecule has 31 heavy (non-hydrogen) atoms. The molecule has 0 radical (unpaired) electrons. The first kappa shape index (κ1) is 19.3. The highest BCUT2D eigenvalue weighted by Crippen LogP contribution is 2.36. The molecule has 0 fully saturated rings. The molecule has 2 heterocycles. The van der Waals surface area contributed by atoms with Crippen molar-refractivity contribution in [1.82, 2.24) is 14.1 Å². The van der Waals surface area contributed by atoms with Crippen LogP contribution >= 0.6 is 0 Å². The molecule has 6 nitrogen and oxygen atoms in total. The number of carboxylic acids is 1. The van der Waals surface area contributed by atoms with E-state index in [0.29, 0.717) is 24.2 Å². The highest BCUT2D eigenvalue weighted by molar-refractivity contribution is 6.12. The molecule has 0 spiro atoms. The van der Waals surface area contributed by atoms with E-state index in [-0.39, 0.29) is 5.56 Å². The van der Waals surface area contributed by atoms with Gasteiger partial charge in [0, 0.05) is 47.6 Å². The average molecular weight is 413 g/mol. The fourth-order valence-electron chi connectivity index (χ4n) is 4.52. The Labute approximate surface area is 179 Å². The maximum atomic E-state index is 12.1. The van der Waals surface area contributed by atoms with Gasteiger partial charge in [-0.3, -0.25) is 0 Å². The van der Waals surface area contributed by atoms with Crippen molar-refractivity contribution in [2.75, 3.05) is 13.7 Å². The molecule has 0 aliphatic carbocycles. The van der Waals surface area contributed by atoms with Crippen molar-refractivity contribution in [3.05, 3.63) is 66.5 Å². The molecule has 0 saturated carbocycles. The lowest BCUT2D eigenvalue weighted by Gasteiger charge is -2.10. The maximum Gasteiger partial charge on any atom is 0.336 e. The van der Waals surface area contributed by atoms with Gasteiger partial charge in [-0.05, 0) is 42.8 Å². The largest absolute Gasteiger partial charge is 0.478 e. The first-order valence-corrected chi connectivity index (χ1v) is 10.4. The van der Waals surface area contributed by atoms with Crippen LogP contribution < -0.4 is 0 Å². The predicted octanol–water partition coefficient (Wildman–Crippen LogP) is 5.18. The second kappa shape index (κ2) is 7.56. The smallest absolute Gasteiger partial charge is 0.336 e. The van der Waals surface area contributed by atoms with Gasteiger partial charge in [-0.1, -0.05) is 24.3 Å². The van der Waals surface area contributed by atoms with Crippen molar-refractivity contribution in [3.8, 4) is 11.1 Å². The lowest BCUT2D eigenvalue weighted by atomic mass is 9.96. The van der Waals surface area contributed by atoms with Crippen LogP contribution in [-0.2, 0) is 17.8 Å². The first-order chi connectivity index (χ1) is 15.1. The molecule has 0 amide bonds. The molecule has 1 N–H and O–H groups in total. The molecule has 2 aromatic heterocycles. The number of aryl methyl sites for hydroxylation is 1. The molecule has 3 aromatic carbocycles. The molecule has 156 valence electrons. The third kappa shape index (κ3) is 2.99. The Kier molecular flexibility index (Phi) is 4.71. The number of para-hydroxylation sites is 1. The number of rotatable bonds is 6. The maximum absolute atomic E-state index is 12.1. The van der Waals surface area contributed by atoms with Gasteiger partial charge < -0.3 is 19.0 Å². The van der Waals surface area contributed by atoms with Crippen molar-refractivity contribution in [2.24, 2.45) is 0 Å². The standard InChI is InChI=1S/C25H23N3O3/c1-3-28-20-7-5-4-6-17(20)19-14-16(8-10-21(19)28)23-18(25(29)30)9-11-22-24(23)26-15-27(22)12-13-31-2/h4-11,14-15H,3,12-13H2,1-2H3,(H,29,30). The van der Waals surface area contributed by atoms with Gasteiger partial charge in [-0.25, -0.2) is 9.78 Å². The molecule has 5 rings (SSSR count). The summed E-state index contributed by atoms with van der Waals surface area (Å²) in [6, 6.07) is 18.0. The van der Waals surface area contributed by atoms with Gasteiger partial charge in [-0.15, -0.1) is 0 Å². The van der Waals surface area contributed by atoms with E-state index in [1.165, 1.54) is 5.52 Å². The zero-order valence-electron chi connectivity index (χ0n) is 17.5. The van der Waals surface area contributed by atoms with Gasteiger partial charge >= 0.3 is 5.97 Å². The minimum atomic E-state index is -0.959. The molecule has 0 unspecified atom stereocenters. The lowest BCUT2D eigenvalue weighted by molar-refractivity contribution is 0.0698. The summed E-state index contributed by atoms with van der Waals surface area (Å²) in [4.78, 5) is 16.7. The van der Waals surface area contributed by atoms with Crippen molar-refractivity contribution in [3.63, 3.8) is 0 Å².